The largest absolute Gasteiger partial charge is 0.419 e. The van der Waals surface area contributed by atoms with Crippen molar-refractivity contribution in [3.63, 3.8) is 0 Å². The van der Waals surface area contributed by atoms with Crippen molar-refractivity contribution in [2.24, 2.45) is 0 Å². The van der Waals surface area contributed by atoms with Gasteiger partial charge in [0.05, 0.1) is 11.3 Å². The van der Waals surface area contributed by atoms with Crippen molar-refractivity contribution in [1.29, 1.82) is 0 Å². The predicted octanol–water partition coefficient (Wildman–Crippen LogP) is 3.49. The maximum Gasteiger partial charge on any atom is 0.419 e. The Morgan fingerprint density at radius 2 is 2.11 bits per heavy atom. The molecule has 18 heavy (non-hydrogen) atoms. The number of rotatable bonds is 3. The Hall–Kier alpha value is -1.59. The summed E-state index contributed by atoms with van der Waals surface area (Å²) in [5, 5.41) is 3.02. The first-order valence-corrected chi connectivity index (χ1v) is 5.74. The number of halogens is 3. The molecule has 1 N–H and O–H groups in total. The minimum atomic E-state index is -4.46. The van der Waals surface area contributed by atoms with Crippen LogP contribution in [0.2, 0.25) is 0 Å². The third-order valence-electron chi connectivity index (χ3n) is 2.94. The molecule has 0 bridgehead atoms. The summed E-state index contributed by atoms with van der Waals surface area (Å²) in [4.78, 5) is 7.65. The van der Waals surface area contributed by atoms with Gasteiger partial charge < -0.3 is 5.32 Å². The van der Waals surface area contributed by atoms with Gasteiger partial charge in [0.15, 0.2) is 0 Å². The minimum absolute atomic E-state index is 0.140. The number of nitrogens with zero attached hydrogens (tertiary/aromatic N) is 2. The van der Waals surface area contributed by atoms with Gasteiger partial charge in [-0.2, -0.15) is 13.2 Å². The van der Waals surface area contributed by atoms with E-state index in [2.05, 4.69) is 21.9 Å². The van der Waals surface area contributed by atoms with Gasteiger partial charge in [0.25, 0.3) is 0 Å². The zero-order valence-electron chi connectivity index (χ0n) is 10.0. The fourth-order valence-corrected chi connectivity index (χ4v) is 1.72. The second kappa shape index (κ2) is 4.59. The lowest BCUT2D eigenvalue weighted by Crippen LogP contribution is -2.28. The van der Waals surface area contributed by atoms with E-state index >= 15 is 0 Å². The van der Waals surface area contributed by atoms with Gasteiger partial charge in [0.1, 0.15) is 0 Å². The molecule has 0 atom stereocenters. The normalized spacial score (nSPS) is 16.2. The second-order valence-corrected chi connectivity index (χ2v) is 4.51. The highest BCUT2D eigenvalue weighted by atomic mass is 19.4. The SMILES string of the molecule is C=C(C)c1nc(NC2CCC2)ncc1C(F)(F)F. The summed E-state index contributed by atoms with van der Waals surface area (Å²) in [5.41, 5.74) is -0.699. The Labute approximate surface area is 103 Å². The zero-order chi connectivity index (χ0) is 13.3. The van der Waals surface area contributed by atoms with Crippen molar-refractivity contribution in [1.82, 2.24) is 9.97 Å². The third-order valence-corrected chi connectivity index (χ3v) is 2.94. The summed E-state index contributed by atoms with van der Waals surface area (Å²) in [5.74, 6) is 0.241. The molecule has 0 saturated heterocycles. The summed E-state index contributed by atoms with van der Waals surface area (Å²) in [7, 11) is 0. The highest BCUT2D eigenvalue weighted by molar-refractivity contribution is 5.62. The van der Waals surface area contributed by atoms with Crippen LogP contribution in [-0.4, -0.2) is 16.0 Å². The van der Waals surface area contributed by atoms with Gasteiger partial charge in [0, 0.05) is 12.2 Å². The van der Waals surface area contributed by atoms with Crippen LogP contribution in [0.5, 0.6) is 0 Å². The van der Waals surface area contributed by atoms with Crippen LogP contribution in [0.15, 0.2) is 12.8 Å². The fourth-order valence-electron chi connectivity index (χ4n) is 1.72. The Kier molecular flexibility index (Phi) is 3.28. The standard InChI is InChI=1S/C12H14F3N3/c1-7(2)10-9(12(13,14)15)6-16-11(18-10)17-8-4-3-5-8/h6,8H,1,3-5H2,2H3,(H,16,17,18). The van der Waals surface area contributed by atoms with E-state index in [0.29, 0.717) is 0 Å². The van der Waals surface area contributed by atoms with Crippen molar-refractivity contribution in [2.45, 2.75) is 38.4 Å². The van der Waals surface area contributed by atoms with Crippen LogP contribution in [0.1, 0.15) is 37.4 Å². The van der Waals surface area contributed by atoms with E-state index in [4.69, 9.17) is 0 Å². The number of aromatic nitrogens is 2. The van der Waals surface area contributed by atoms with Gasteiger partial charge in [-0.1, -0.05) is 6.58 Å². The maximum atomic E-state index is 12.7. The van der Waals surface area contributed by atoms with Crippen LogP contribution < -0.4 is 5.32 Å². The number of allylic oxidation sites excluding steroid dienone is 1. The van der Waals surface area contributed by atoms with Crippen LogP contribution in [0.3, 0.4) is 0 Å². The lowest BCUT2D eigenvalue weighted by Gasteiger charge is -2.26. The smallest absolute Gasteiger partial charge is 0.351 e. The number of alkyl halides is 3. The number of hydrogen-bond donors (Lipinski definition) is 1. The van der Waals surface area contributed by atoms with E-state index in [1.54, 1.807) is 0 Å². The zero-order valence-corrected chi connectivity index (χ0v) is 10.0. The summed E-state index contributed by atoms with van der Waals surface area (Å²) in [6.07, 6.45) is -0.494. The molecular formula is C12H14F3N3. The van der Waals surface area contributed by atoms with Crippen molar-refractivity contribution < 1.29 is 13.2 Å². The first-order chi connectivity index (χ1) is 8.38. The van der Waals surface area contributed by atoms with E-state index in [0.717, 1.165) is 25.5 Å². The molecule has 0 aliphatic heterocycles. The van der Waals surface area contributed by atoms with Crippen LogP contribution in [-0.2, 0) is 6.18 Å². The summed E-state index contributed by atoms with van der Waals surface area (Å²) in [6, 6.07) is 0.278. The van der Waals surface area contributed by atoms with Crippen molar-refractivity contribution in [3.05, 3.63) is 24.0 Å². The third kappa shape index (κ3) is 2.63. The number of anilines is 1. The van der Waals surface area contributed by atoms with Gasteiger partial charge in [-0.15, -0.1) is 0 Å². The molecule has 0 amide bonds. The molecule has 2 rings (SSSR count). The predicted molar refractivity (Wildman–Crippen MR) is 63.0 cm³/mol. The quantitative estimate of drug-likeness (QED) is 0.900. The molecule has 1 aliphatic rings. The Balaban J connectivity index is 2.30. The molecule has 0 spiro atoms. The molecule has 98 valence electrons. The van der Waals surface area contributed by atoms with E-state index in [1.165, 1.54) is 6.92 Å². The molecule has 0 unspecified atom stereocenters. The summed E-state index contributed by atoms with van der Waals surface area (Å²) in [6.45, 7) is 5.04. The van der Waals surface area contributed by atoms with E-state index in [1.807, 2.05) is 0 Å². The van der Waals surface area contributed by atoms with Gasteiger partial charge in [-0.3, -0.25) is 0 Å². The molecule has 1 aromatic heterocycles. The summed E-state index contributed by atoms with van der Waals surface area (Å²) >= 11 is 0. The molecule has 0 radical (unpaired) electrons. The molecule has 1 fully saturated rings. The van der Waals surface area contributed by atoms with Crippen molar-refractivity contribution in [3.8, 4) is 0 Å². The molecule has 6 heteroatoms. The molecule has 3 nitrogen and oxygen atoms in total. The number of hydrogen-bond acceptors (Lipinski definition) is 3. The van der Waals surface area contributed by atoms with E-state index < -0.39 is 11.7 Å². The Morgan fingerprint density at radius 3 is 2.56 bits per heavy atom. The van der Waals surface area contributed by atoms with Gasteiger partial charge in [-0.25, -0.2) is 9.97 Å². The second-order valence-electron chi connectivity index (χ2n) is 4.51. The first-order valence-electron chi connectivity index (χ1n) is 5.74. The van der Waals surface area contributed by atoms with Crippen molar-refractivity contribution in [2.75, 3.05) is 5.32 Å². The van der Waals surface area contributed by atoms with Crippen LogP contribution in [0.4, 0.5) is 19.1 Å². The average Bonchev–Trinajstić information content (AvgIpc) is 2.21. The average molecular weight is 257 g/mol. The molecule has 1 aromatic rings. The minimum Gasteiger partial charge on any atom is -0.351 e. The highest BCUT2D eigenvalue weighted by Crippen LogP contribution is 2.33. The summed E-state index contributed by atoms with van der Waals surface area (Å²) < 4.78 is 38.2. The Morgan fingerprint density at radius 1 is 1.44 bits per heavy atom. The lowest BCUT2D eigenvalue weighted by atomic mass is 9.93. The highest BCUT2D eigenvalue weighted by Gasteiger charge is 2.35. The molecule has 0 aromatic carbocycles. The van der Waals surface area contributed by atoms with E-state index in [9.17, 15) is 13.2 Å². The first kappa shape index (κ1) is 12.9. The topological polar surface area (TPSA) is 37.8 Å². The van der Waals surface area contributed by atoms with E-state index in [-0.39, 0.29) is 23.3 Å². The van der Waals surface area contributed by atoms with Gasteiger partial charge in [-0.05, 0) is 31.8 Å². The van der Waals surface area contributed by atoms with Gasteiger partial charge in [0.2, 0.25) is 5.95 Å². The lowest BCUT2D eigenvalue weighted by molar-refractivity contribution is -0.138. The fraction of sp³-hybridized carbons (Fsp3) is 0.500. The van der Waals surface area contributed by atoms with Crippen LogP contribution in [0.25, 0.3) is 5.57 Å². The Bertz CT molecular complexity index is 464. The molecule has 1 heterocycles. The monoisotopic (exact) mass is 257 g/mol. The van der Waals surface area contributed by atoms with Gasteiger partial charge >= 0.3 is 6.18 Å². The molecule has 1 saturated carbocycles. The van der Waals surface area contributed by atoms with Crippen molar-refractivity contribution >= 4 is 11.5 Å². The number of nitrogens with one attached hydrogen (secondary N) is 1. The van der Waals surface area contributed by atoms with Crippen LogP contribution >= 0.6 is 0 Å². The van der Waals surface area contributed by atoms with Crippen LogP contribution in [0, 0.1) is 0 Å². The molecule has 1 aliphatic carbocycles. The molecular weight excluding hydrogens is 243 g/mol. The maximum absolute atomic E-state index is 12.7.